The molecule has 2 unspecified atom stereocenters. The Labute approximate surface area is 110 Å². The first-order valence-corrected chi connectivity index (χ1v) is 7.02. The van der Waals surface area contributed by atoms with Crippen molar-refractivity contribution in [2.45, 2.75) is 44.3 Å². The van der Waals surface area contributed by atoms with Crippen LogP contribution in [0.3, 0.4) is 0 Å². The third-order valence-corrected chi connectivity index (χ3v) is 4.22. The first-order valence-electron chi connectivity index (χ1n) is 6.22. The van der Waals surface area contributed by atoms with Crippen LogP contribution < -0.4 is 4.74 Å². The number of hydrogen-bond donors (Lipinski definition) is 1. The molecule has 1 aromatic rings. The van der Waals surface area contributed by atoms with E-state index in [1.54, 1.807) is 0 Å². The molecule has 0 spiro atoms. The summed E-state index contributed by atoms with van der Waals surface area (Å²) < 4.78 is 7.11. The van der Waals surface area contributed by atoms with Gasteiger partial charge in [-0.25, -0.2) is 0 Å². The van der Waals surface area contributed by atoms with Gasteiger partial charge in [-0.3, -0.25) is 0 Å². The van der Waals surface area contributed by atoms with E-state index in [2.05, 4.69) is 22.9 Å². The Morgan fingerprint density at radius 2 is 2.24 bits per heavy atom. The highest BCUT2D eigenvalue weighted by Crippen LogP contribution is 2.46. The summed E-state index contributed by atoms with van der Waals surface area (Å²) in [6.45, 7) is 2.12. The van der Waals surface area contributed by atoms with Gasteiger partial charge in [0.2, 0.25) is 0 Å². The fourth-order valence-corrected chi connectivity index (χ4v) is 3.14. The molecule has 1 aromatic carbocycles. The van der Waals surface area contributed by atoms with Gasteiger partial charge in [-0.1, -0.05) is 28.8 Å². The zero-order valence-corrected chi connectivity index (χ0v) is 11.5. The summed E-state index contributed by atoms with van der Waals surface area (Å²) in [5.74, 6) is 1.65. The van der Waals surface area contributed by atoms with Gasteiger partial charge in [-0.15, -0.1) is 0 Å². The zero-order valence-electron chi connectivity index (χ0n) is 9.95. The molecule has 1 N–H and O–H groups in total. The van der Waals surface area contributed by atoms with Crippen molar-refractivity contribution >= 4 is 15.9 Å². The van der Waals surface area contributed by atoms with Gasteiger partial charge < -0.3 is 9.84 Å². The smallest absolute Gasteiger partial charge is 0.126 e. The van der Waals surface area contributed by atoms with E-state index in [4.69, 9.17) is 4.74 Å². The monoisotopic (exact) mass is 296 g/mol. The average molecular weight is 297 g/mol. The lowest BCUT2D eigenvalue weighted by molar-refractivity contribution is -0.0105. The molecular formula is C14H17BrO2. The lowest BCUT2D eigenvalue weighted by Gasteiger charge is -2.38. The topological polar surface area (TPSA) is 29.5 Å². The molecule has 0 amide bonds. The molecule has 1 saturated carbocycles. The van der Waals surface area contributed by atoms with E-state index >= 15 is 0 Å². The van der Waals surface area contributed by atoms with Crippen LogP contribution in [0.5, 0.6) is 5.75 Å². The number of aliphatic hydroxyl groups excluding tert-OH is 1. The maximum atomic E-state index is 10.3. The summed E-state index contributed by atoms with van der Waals surface area (Å²) in [4.78, 5) is 0. The summed E-state index contributed by atoms with van der Waals surface area (Å²) in [7, 11) is 0. The number of ether oxygens (including phenoxy) is 1. The predicted molar refractivity (Wildman–Crippen MR) is 70.1 cm³/mol. The van der Waals surface area contributed by atoms with Crippen molar-refractivity contribution in [1.82, 2.24) is 0 Å². The third kappa shape index (κ3) is 2.36. The fraction of sp³-hybridized carbons (Fsp3) is 0.571. The molecule has 0 saturated heterocycles. The third-order valence-electron chi connectivity index (χ3n) is 3.73. The van der Waals surface area contributed by atoms with Crippen molar-refractivity contribution in [2.75, 3.05) is 0 Å². The van der Waals surface area contributed by atoms with Crippen LogP contribution in [0.25, 0.3) is 0 Å². The summed E-state index contributed by atoms with van der Waals surface area (Å²) in [6, 6.07) is 5.87. The summed E-state index contributed by atoms with van der Waals surface area (Å²) in [5.41, 5.74) is 0.717. The highest BCUT2D eigenvalue weighted by Gasteiger charge is 2.40. The van der Waals surface area contributed by atoms with Crippen molar-refractivity contribution in [2.24, 2.45) is 5.92 Å². The number of hydrogen-bond acceptors (Lipinski definition) is 2. The van der Waals surface area contributed by atoms with Gasteiger partial charge in [0.15, 0.2) is 0 Å². The van der Waals surface area contributed by atoms with Crippen LogP contribution in [0, 0.1) is 5.92 Å². The zero-order chi connectivity index (χ0) is 12.0. The Kier molecular flexibility index (Phi) is 2.71. The Hall–Kier alpha value is -0.540. The number of fused-ring (bicyclic) bond motifs is 1. The van der Waals surface area contributed by atoms with Crippen LogP contribution in [-0.2, 0) is 0 Å². The predicted octanol–water partition coefficient (Wildman–Crippen LogP) is 3.82. The van der Waals surface area contributed by atoms with Crippen molar-refractivity contribution in [1.29, 1.82) is 0 Å². The lowest BCUT2D eigenvalue weighted by Crippen LogP contribution is -2.38. The molecule has 0 aromatic heterocycles. The molecule has 2 atom stereocenters. The van der Waals surface area contributed by atoms with Gasteiger partial charge >= 0.3 is 0 Å². The summed E-state index contributed by atoms with van der Waals surface area (Å²) in [5, 5.41) is 10.3. The van der Waals surface area contributed by atoms with Crippen molar-refractivity contribution in [3.8, 4) is 5.75 Å². The van der Waals surface area contributed by atoms with E-state index in [0.29, 0.717) is 6.42 Å². The highest BCUT2D eigenvalue weighted by molar-refractivity contribution is 9.10. The van der Waals surface area contributed by atoms with E-state index in [0.717, 1.165) is 28.1 Å². The molecule has 0 radical (unpaired) electrons. The van der Waals surface area contributed by atoms with Gasteiger partial charge in [0.1, 0.15) is 11.4 Å². The van der Waals surface area contributed by atoms with Crippen LogP contribution >= 0.6 is 15.9 Å². The SMILES string of the molecule is CC1(CC2CC2)CC(O)c2cc(Br)ccc2O1. The maximum Gasteiger partial charge on any atom is 0.126 e. The second-order valence-corrected chi connectivity index (χ2v) is 6.52. The number of aliphatic hydroxyl groups is 1. The lowest BCUT2D eigenvalue weighted by atomic mass is 9.86. The first kappa shape index (κ1) is 11.5. The molecule has 3 rings (SSSR count). The van der Waals surface area contributed by atoms with Crippen LogP contribution in [0.2, 0.25) is 0 Å². The van der Waals surface area contributed by atoms with Crippen molar-refractivity contribution in [3.63, 3.8) is 0 Å². The van der Waals surface area contributed by atoms with E-state index in [1.807, 2.05) is 18.2 Å². The second kappa shape index (κ2) is 3.99. The van der Waals surface area contributed by atoms with Crippen LogP contribution in [0.4, 0.5) is 0 Å². The minimum absolute atomic E-state index is 0.193. The Balaban J connectivity index is 1.88. The average Bonchev–Trinajstić information content (AvgIpc) is 3.03. The minimum Gasteiger partial charge on any atom is -0.487 e. The quantitative estimate of drug-likeness (QED) is 0.899. The van der Waals surface area contributed by atoms with Crippen LogP contribution in [-0.4, -0.2) is 10.7 Å². The second-order valence-electron chi connectivity index (χ2n) is 5.60. The van der Waals surface area contributed by atoms with Crippen molar-refractivity contribution in [3.05, 3.63) is 28.2 Å². The van der Waals surface area contributed by atoms with E-state index in [9.17, 15) is 5.11 Å². The largest absolute Gasteiger partial charge is 0.487 e. The molecule has 17 heavy (non-hydrogen) atoms. The van der Waals surface area contributed by atoms with Gasteiger partial charge in [0.05, 0.1) is 6.10 Å². The molecule has 1 aliphatic heterocycles. The Bertz CT molecular complexity index is 442. The van der Waals surface area contributed by atoms with E-state index in [-0.39, 0.29) is 5.60 Å². The van der Waals surface area contributed by atoms with Gasteiger partial charge in [0.25, 0.3) is 0 Å². The molecule has 1 heterocycles. The molecular weight excluding hydrogens is 280 g/mol. The van der Waals surface area contributed by atoms with Crippen LogP contribution in [0.1, 0.15) is 44.3 Å². The van der Waals surface area contributed by atoms with E-state index < -0.39 is 6.10 Å². The summed E-state index contributed by atoms with van der Waals surface area (Å²) >= 11 is 3.43. The van der Waals surface area contributed by atoms with Gasteiger partial charge in [-0.05, 0) is 37.5 Å². The molecule has 92 valence electrons. The van der Waals surface area contributed by atoms with Crippen LogP contribution in [0.15, 0.2) is 22.7 Å². The van der Waals surface area contributed by atoms with E-state index in [1.165, 1.54) is 12.8 Å². The normalized spacial score (nSPS) is 31.8. The number of halogens is 1. The molecule has 1 aliphatic carbocycles. The standard InChI is InChI=1S/C14H17BrO2/c1-14(7-9-2-3-9)8-12(16)11-6-10(15)4-5-13(11)17-14/h4-6,9,12,16H,2-3,7-8H2,1H3. The van der Waals surface area contributed by atoms with Gasteiger partial charge in [0, 0.05) is 16.5 Å². The number of benzene rings is 1. The molecule has 3 heteroatoms. The molecule has 2 nitrogen and oxygen atoms in total. The Morgan fingerprint density at radius 3 is 2.94 bits per heavy atom. The highest BCUT2D eigenvalue weighted by atomic mass is 79.9. The Morgan fingerprint density at radius 1 is 1.47 bits per heavy atom. The summed E-state index contributed by atoms with van der Waals surface area (Å²) in [6.07, 6.45) is 4.01. The molecule has 2 aliphatic rings. The maximum absolute atomic E-state index is 10.3. The number of rotatable bonds is 2. The first-order chi connectivity index (χ1) is 8.06. The van der Waals surface area contributed by atoms with Gasteiger partial charge in [-0.2, -0.15) is 0 Å². The molecule has 0 bridgehead atoms. The minimum atomic E-state index is -0.403. The fourth-order valence-electron chi connectivity index (χ4n) is 2.76. The molecule has 1 fully saturated rings. The van der Waals surface area contributed by atoms with Crippen molar-refractivity contribution < 1.29 is 9.84 Å².